The zero-order chi connectivity index (χ0) is 14.8. The maximum atomic E-state index is 12.4. The van der Waals surface area contributed by atoms with Crippen molar-refractivity contribution in [3.05, 3.63) is 23.8 Å². The monoisotopic (exact) mass is 279 g/mol. The van der Waals surface area contributed by atoms with Crippen molar-refractivity contribution in [1.29, 1.82) is 0 Å². The highest BCUT2D eigenvalue weighted by Gasteiger charge is 2.34. The van der Waals surface area contributed by atoms with Gasteiger partial charge in [-0.05, 0) is 38.5 Å². The quantitative estimate of drug-likeness (QED) is 0.911. The van der Waals surface area contributed by atoms with Gasteiger partial charge in [-0.15, -0.1) is 0 Å². The number of rotatable bonds is 4. The number of β-amino-alcohol motifs (C(OH)–C–C–N with tert-alkyl or cyclic N) is 1. The Labute approximate surface area is 119 Å². The molecule has 1 aromatic carbocycles. The summed E-state index contributed by atoms with van der Waals surface area (Å²) in [6, 6.07) is 5.15. The number of ether oxygens (including phenoxy) is 2. The van der Waals surface area contributed by atoms with E-state index in [2.05, 4.69) is 0 Å². The third-order valence-electron chi connectivity index (χ3n) is 3.45. The summed E-state index contributed by atoms with van der Waals surface area (Å²) in [5.74, 6) is 1.08. The molecule has 1 N–H and O–H groups in total. The number of benzene rings is 1. The molecule has 1 aliphatic rings. The highest BCUT2D eigenvalue weighted by molar-refractivity contribution is 5.95. The molecule has 5 nitrogen and oxygen atoms in total. The first-order chi connectivity index (χ1) is 9.46. The summed E-state index contributed by atoms with van der Waals surface area (Å²) in [7, 11) is 1.55. The number of methoxy groups -OCH3 is 1. The summed E-state index contributed by atoms with van der Waals surface area (Å²) in [6.07, 6.45) is 0.604. The van der Waals surface area contributed by atoms with E-state index >= 15 is 0 Å². The fourth-order valence-electron chi connectivity index (χ4n) is 2.38. The van der Waals surface area contributed by atoms with Gasteiger partial charge >= 0.3 is 0 Å². The van der Waals surface area contributed by atoms with Gasteiger partial charge < -0.3 is 19.5 Å². The molecule has 1 atom stereocenters. The summed E-state index contributed by atoms with van der Waals surface area (Å²) in [5.41, 5.74) is -0.242. The van der Waals surface area contributed by atoms with Crippen molar-refractivity contribution in [2.24, 2.45) is 0 Å². The number of nitrogens with zero attached hydrogens (tertiary/aromatic N) is 1. The molecule has 20 heavy (non-hydrogen) atoms. The van der Waals surface area contributed by atoms with Crippen molar-refractivity contribution in [3.8, 4) is 11.5 Å². The standard InChI is InChI=1S/C15H21NO4/c1-4-20-12-6-5-11(9-13(12)19-3)14(17)16-8-7-15(2,18)10-16/h5-6,9,18H,4,7-8,10H2,1-3H3. The van der Waals surface area contributed by atoms with Crippen molar-refractivity contribution >= 4 is 5.91 Å². The lowest BCUT2D eigenvalue weighted by Gasteiger charge is -2.19. The molecule has 0 aliphatic carbocycles. The summed E-state index contributed by atoms with van der Waals surface area (Å²) < 4.78 is 10.7. The topological polar surface area (TPSA) is 59.0 Å². The predicted octanol–water partition coefficient (Wildman–Crippen LogP) is 1.69. The van der Waals surface area contributed by atoms with Crippen LogP contribution in [0.5, 0.6) is 11.5 Å². The van der Waals surface area contributed by atoms with Crippen molar-refractivity contribution in [2.75, 3.05) is 26.8 Å². The van der Waals surface area contributed by atoms with Crippen LogP contribution >= 0.6 is 0 Å². The molecule has 0 aromatic heterocycles. The molecule has 1 aromatic rings. The second-order valence-corrected chi connectivity index (χ2v) is 5.27. The van der Waals surface area contributed by atoms with Gasteiger partial charge in [0, 0.05) is 18.7 Å². The maximum absolute atomic E-state index is 12.4. The Morgan fingerprint density at radius 3 is 2.75 bits per heavy atom. The third kappa shape index (κ3) is 3.04. The number of likely N-dealkylation sites (tertiary alicyclic amines) is 1. The van der Waals surface area contributed by atoms with E-state index in [1.165, 1.54) is 0 Å². The number of aliphatic hydroxyl groups is 1. The van der Waals surface area contributed by atoms with Crippen molar-refractivity contribution < 1.29 is 19.4 Å². The first-order valence-corrected chi connectivity index (χ1v) is 6.79. The Morgan fingerprint density at radius 2 is 2.20 bits per heavy atom. The highest BCUT2D eigenvalue weighted by Crippen LogP contribution is 2.29. The van der Waals surface area contributed by atoms with Crippen LogP contribution < -0.4 is 9.47 Å². The predicted molar refractivity (Wildman–Crippen MR) is 75.3 cm³/mol. The summed E-state index contributed by atoms with van der Waals surface area (Å²) in [6.45, 7) is 5.12. The molecule has 1 fully saturated rings. The second-order valence-electron chi connectivity index (χ2n) is 5.27. The van der Waals surface area contributed by atoms with Gasteiger partial charge in [-0.3, -0.25) is 4.79 Å². The smallest absolute Gasteiger partial charge is 0.254 e. The Balaban J connectivity index is 2.18. The molecule has 1 aliphatic heterocycles. The normalized spacial score (nSPS) is 21.9. The van der Waals surface area contributed by atoms with Crippen molar-refractivity contribution in [2.45, 2.75) is 25.9 Å². The number of hydrogen-bond donors (Lipinski definition) is 1. The van der Waals surface area contributed by atoms with Crippen LogP contribution in [0.1, 0.15) is 30.6 Å². The van der Waals surface area contributed by atoms with Crippen LogP contribution in [-0.2, 0) is 0 Å². The molecule has 110 valence electrons. The van der Waals surface area contributed by atoms with Gasteiger partial charge in [0.1, 0.15) is 0 Å². The average Bonchev–Trinajstić information content (AvgIpc) is 2.79. The van der Waals surface area contributed by atoms with Crippen LogP contribution in [0.3, 0.4) is 0 Å². The minimum Gasteiger partial charge on any atom is -0.493 e. The SMILES string of the molecule is CCOc1ccc(C(=O)N2CCC(C)(O)C2)cc1OC. The molecule has 0 saturated carbocycles. The molecule has 5 heteroatoms. The Kier molecular flexibility index (Phi) is 4.18. The van der Waals surface area contributed by atoms with Crippen LogP contribution in [0.25, 0.3) is 0 Å². The lowest BCUT2D eigenvalue weighted by atomic mass is 10.1. The summed E-state index contributed by atoms with van der Waals surface area (Å²) >= 11 is 0. The van der Waals surface area contributed by atoms with Gasteiger partial charge in [-0.2, -0.15) is 0 Å². The minimum absolute atomic E-state index is 0.0934. The van der Waals surface area contributed by atoms with Crippen LogP contribution in [0.15, 0.2) is 18.2 Å². The number of carbonyl (C=O) groups excluding carboxylic acids is 1. The second kappa shape index (κ2) is 5.71. The van der Waals surface area contributed by atoms with E-state index in [9.17, 15) is 9.90 Å². The first-order valence-electron chi connectivity index (χ1n) is 6.79. The lowest BCUT2D eigenvalue weighted by molar-refractivity contribution is 0.0572. The Morgan fingerprint density at radius 1 is 1.45 bits per heavy atom. The van der Waals surface area contributed by atoms with Gasteiger partial charge in [-0.25, -0.2) is 0 Å². The van der Waals surface area contributed by atoms with E-state index in [-0.39, 0.29) is 5.91 Å². The largest absolute Gasteiger partial charge is 0.493 e. The van der Waals surface area contributed by atoms with E-state index < -0.39 is 5.60 Å². The zero-order valence-corrected chi connectivity index (χ0v) is 12.2. The number of amides is 1. The highest BCUT2D eigenvalue weighted by atomic mass is 16.5. The van der Waals surface area contributed by atoms with Crippen LogP contribution in [0, 0.1) is 0 Å². The van der Waals surface area contributed by atoms with E-state index in [1.807, 2.05) is 6.92 Å². The Bertz CT molecular complexity index is 499. The fraction of sp³-hybridized carbons (Fsp3) is 0.533. The molecule has 1 saturated heterocycles. The van der Waals surface area contributed by atoms with Crippen LogP contribution in [0.2, 0.25) is 0 Å². The van der Waals surface area contributed by atoms with E-state index in [4.69, 9.17) is 9.47 Å². The van der Waals surface area contributed by atoms with Gasteiger partial charge in [0.2, 0.25) is 0 Å². The van der Waals surface area contributed by atoms with Gasteiger partial charge in [0.05, 0.1) is 19.3 Å². The van der Waals surface area contributed by atoms with Gasteiger partial charge in [-0.1, -0.05) is 0 Å². The number of hydrogen-bond acceptors (Lipinski definition) is 4. The molecule has 1 amide bonds. The van der Waals surface area contributed by atoms with Gasteiger partial charge in [0.25, 0.3) is 5.91 Å². The van der Waals surface area contributed by atoms with Crippen LogP contribution in [0.4, 0.5) is 0 Å². The molecule has 1 heterocycles. The molecule has 0 radical (unpaired) electrons. The molecular weight excluding hydrogens is 258 g/mol. The third-order valence-corrected chi connectivity index (χ3v) is 3.45. The lowest BCUT2D eigenvalue weighted by Crippen LogP contribution is -2.33. The molecular formula is C15H21NO4. The van der Waals surface area contributed by atoms with E-state index in [0.717, 1.165) is 0 Å². The van der Waals surface area contributed by atoms with Crippen LogP contribution in [-0.4, -0.2) is 48.3 Å². The van der Waals surface area contributed by atoms with Crippen molar-refractivity contribution in [1.82, 2.24) is 4.90 Å². The van der Waals surface area contributed by atoms with E-state index in [0.29, 0.717) is 43.2 Å². The molecule has 0 bridgehead atoms. The zero-order valence-electron chi connectivity index (χ0n) is 12.2. The van der Waals surface area contributed by atoms with Crippen molar-refractivity contribution in [3.63, 3.8) is 0 Å². The summed E-state index contributed by atoms with van der Waals surface area (Å²) in [5, 5.41) is 9.94. The molecule has 1 unspecified atom stereocenters. The molecule has 2 rings (SSSR count). The van der Waals surface area contributed by atoms with E-state index in [1.54, 1.807) is 37.1 Å². The fourth-order valence-corrected chi connectivity index (χ4v) is 2.38. The Hall–Kier alpha value is -1.75. The molecule has 0 spiro atoms. The maximum Gasteiger partial charge on any atom is 0.254 e. The van der Waals surface area contributed by atoms with Gasteiger partial charge in [0.15, 0.2) is 11.5 Å². The average molecular weight is 279 g/mol. The number of carbonyl (C=O) groups is 1. The first kappa shape index (κ1) is 14.7. The summed E-state index contributed by atoms with van der Waals surface area (Å²) in [4.78, 5) is 14.1. The minimum atomic E-state index is -0.787.